The zero-order valence-electron chi connectivity index (χ0n) is 9.94. The minimum Gasteiger partial charge on any atom is -0.0947 e. The molecule has 0 N–H and O–H groups in total. The highest BCUT2D eigenvalue weighted by Gasteiger charge is 2.17. The molecular weight excluding hydrogens is 168 g/mol. The van der Waals surface area contributed by atoms with Crippen molar-refractivity contribution in [1.82, 2.24) is 0 Å². The highest BCUT2D eigenvalue weighted by atomic mass is 14.2. The van der Waals surface area contributed by atoms with Crippen LogP contribution >= 0.6 is 0 Å². The summed E-state index contributed by atoms with van der Waals surface area (Å²) in [4.78, 5) is 0. The zero-order valence-corrected chi connectivity index (χ0v) is 9.94. The van der Waals surface area contributed by atoms with E-state index in [1.807, 2.05) is 0 Å². The second kappa shape index (κ2) is 3.61. The van der Waals surface area contributed by atoms with Crippen LogP contribution in [0.3, 0.4) is 0 Å². The van der Waals surface area contributed by atoms with E-state index in [1.54, 1.807) is 0 Å². The Kier molecular flexibility index (Phi) is 2.84. The first-order valence-corrected chi connectivity index (χ1v) is 5.09. The Morgan fingerprint density at radius 1 is 1.14 bits per heavy atom. The lowest BCUT2D eigenvalue weighted by Gasteiger charge is -2.23. The number of rotatable bonds is 1. The maximum atomic E-state index is 4.19. The normalized spacial score (nSPS) is 11.5. The molecule has 14 heavy (non-hydrogen) atoms. The molecule has 0 bridgehead atoms. The number of benzene rings is 1. The van der Waals surface area contributed by atoms with Crippen molar-refractivity contribution in [3.05, 3.63) is 41.5 Å². The first-order chi connectivity index (χ1) is 6.32. The lowest BCUT2D eigenvalue weighted by molar-refractivity contribution is 0.567. The first-order valence-electron chi connectivity index (χ1n) is 5.09. The summed E-state index contributed by atoms with van der Waals surface area (Å²) < 4.78 is 0. The van der Waals surface area contributed by atoms with Gasteiger partial charge in [0.2, 0.25) is 0 Å². The number of hydrogen-bond donors (Lipinski definition) is 0. The van der Waals surface area contributed by atoms with Gasteiger partial charge in [0.15, 0.2) is 0 Å². The fourth-order valence-corrected chi connectivity index (χ4v) is 1.56. The molecule has 0 aliphatic carbocycles. The Morgan fingerprint density at radius 2 is 1.71 bits per heavy atom. The summed E-state index contributed by atoms with van der Waals surface area (Å²) in [5.74, 6) is 0. The molecule has 0 spiro atoms. The topological polar surface area (TPSA) is 0 Å². The van der Waals surface area contributed by atoms with Crippen molar-refractivity contribution in [3.63, 3.8) is 0 Å². The van der Waals surface area contributed by atoms with Crippen LogP contribution in [0.25, 0.3) is 5.57 Å². The molecule has 0 nitrogen and oxygen atoms in total. The average Bonchev–Trinajstić information content (AvgIpc) is 2.01. The summed E-state index contributed by atoms with van der Waals surface area (Å²) in [6, 6.07) is 6.55. The van der Waals surface area contributed by atoms with E-state index in [-0.39, 0.29) is 5.41 Å². The van der Waals surface area contributed by atoms with Gasteiger partial charge in [0.25, 0.3) is 0 Å². The Bertz CT molecular complexity index is 351. The molecule has 0 atom stereocenters. The molecule has 0 aliphatic rings. The third kappa shape index (κ3) is 2.25. The molecule has 0 fully saturated rings. The van der Waals surface area contributed by atoms with Crippen molar-refractivity contribution in [2.45, 2.75) is 34.6 Å². The van der Waals surface area contributed by atoms with E-state index in [9.17, 15) is 0 Å². The highest BCUT2D eigenvalue weighted by Crippen LogP contribution is 2.33. The molecule has 0 saturated carbocycles. The van der Waals surface area contributed by atoms with Crippen LogP contribution in [0, 0.1) is 19.3 Å². The molecule has 1 aromatic carbocycles. The van der Waals surface area contributed by atoms with Gasteiger partial charge in [0.1, 0.15) is 0 Å². The Morgan fingerprint density at radius 3 is 2.14 bits per heavy atom. The predicted molar refractivity (Wildman–Crippen MR) is 64.4 cm³/mol. The van der Waals surface area contributed by atoms with E-state index in [1.165, 1.54) is 22.3 Å². The lowest BCUT2D eigenvalue weighted by atomic mass is 9.81. The quantitative estimate of drug-likeness (QED) is 0.614. The van der Waals surface area contributed by atoms with Crippen molar-refractivity contribution in [1.29, 1.82) is 0 Å². The molecule has 76 valence electrons. The van der Waals surface area contributed by atoms with Gasteiger partial charge in [-0.3, -0.25) is 0 Å². The number of hydrogen-bond acceptors (Lipinski definition) is 0. The largest absolute Gasteiger partial charge is 0.0947 e. The van der Waals surface area contributed by atoms with E-state index < -0.39 is 0 Å². The molecule has 0 radical (unpaired) electrons. The zero-order chi connectivity index (χ0) is 10.9. The van der Waals surface area contributed by atoms with Crippen molar-refractivity contribution < 1.29 is 0 Å². The second-order valence-electron chi connectivity index (χ2n) is 5.05. The van der Waals surface area contributed by atoms with Crippen LogP contribution in [0.5, 0.6) is 0 Å². The van der Waals surface area contributed by atoms with E-state index in [4.69, 9.17) is 0 Å². The summed E-state index contributed by atoms with van der Waals surface area (Å²) in [7, 11) is 0. The van der Waals surface area contributed by atoms with E-state index in [0.29, 0.717) is 0 Å². The molecule has 1 rings (SSSR count). The molecule has 0 heterocycles. The van der Waals surface area contributed by atoms with Crippen molar-refractivity contribution in [3.8, 4) is 0 Å². The van der Waals surface area contributed by atoms with Crippen LogP contribution in [0.15, 0.2) is 24.8 Å². The molecule has 0 aliphatic heterocycles. The Labute approximate surface area is 87.7 Å². The molecule has 1 aromatic rings. The fourth-order valence-electron chi connectivity index (χ4n) is 1.56. The molecule has 0 aromatic heterocycles. The maximum Gasteiger partial charge on any atom is -0.0132 e. The van der Waals surface area contributed by atoms with Crippen LogP contribution < -0.4 is 0 Å². The third-order valence-electron chi connectivity index (χ3n) is 2.61. The summed E-state index contributed by atoms with van der Waals surface area (Å²) in [5, 5.41) is 0. The molecule has 0 heteroatoms. The summed E-state index contributed by atoms with van der Waals surface area (Å²) in [6.45, 7) is 15.1. The monoisotopic (exact) mass is 188 g/mol. The second-order valence-corrected chi connectivity index (χ2v) is 5.05. The van der Waals surface area contributed by atoms with E-state index in [0.717, 1.165) is 0 Å². The Balaban J connectivity index is 3.15. The average molecular weight is 188 g/mol. The van der Waals surface area contributed by atoms with Crippen LogP contribution in [0.2, 0.25) is 0 Å². The fraction of sp³-hybridized carbons (Fsp3) is 0.429. The van der Waals surface area contributed by atoms with Crippen molar-refractivity contribution in [2.75, 3.05) is 0 Å². The standard InChI is InChI=1S/C14H20/c1-10-7-8-13(11(2)9-10)12(3)14(4,5)6/h7-9H,3H2,1-2,4-6H3. The van der Waals surface area contributed by atoms with Gasteiger partial charge in [-0.25, -0.2) is 0 Å². The smallest absolute Gasteiger partial charge is 0.0132 e. The SMILES string of the molecule is C=C(c1ccc(C)cc1C)C(C)(C)C. The van der Waals surface area contributed by atoms with Gasteiger partial charge in [-0.05, 0) is 36.0 Å². The van der Waals surface area contributed by atoms with Crippen molar-refractivity contribution in [2.24, 2.45) is 5.41 Å². The lowest BCUT2D eigenvalue weighted by Crippen LogP contribution is -2.08. The van der Waals surface area contributed by atoms with Gasteiger partial charge in [-0.2, -0.15) is 0 Å². The summed E-state index contributed by atoms with van der Waals surface area (Å²) >= 11 is 0. The van der Waals surface area contributed by atoms with Crippen molar-refractivity contribution >= 4 is 5.57 Å². The van der Waals surface area contributed by atoms with Crippen LogP contribution in [0.1, 0.15) is 37.5 Å². The highest BCUT2D eigenvalue weighted by molar-refractivity contribution is 5.70. The number of allylic oxidation sites excluding steroid dienone is 1. The number of aryl methyl sites for hydroxylation is 2. The van der Waals surface area contributed by atoms with Gasteiger partial charge in [-0.15, -0.1) is 0 Å². The van der Waals surface area contributed by atoms with Gasteiger partial charge >= 0.3 is 0 Å². The molecule has 0 amide bonds. The summed E-state index contributed by atoms with van der Waals surface area (Å²) in [5.41, 5.74) is 5.30. The Hall–Kier alpha value is -1.04. The molecule has 0 saturated heterocycles. The van der Waals surface area contributed by atoms with Gasteiger partial charge in [0, 0.05) is 0 Å². The van der Waals surface area contributed by atoms with Gasteiger partial charge < -0.3 is 0 Å². The molecular formula is C14H20. The minimum absolute atomic E-state index is 0.153. The summed E-state index contributed by atoms with van der Waals surface area (Å²) in [6.07, 6.45) is 0. The minimum atomic E-state index is 0.153. The molecule has 0 unspecified atom stereocenters. The van der Waals surface area contributed by atoms with Crippen LogP contribution in [0.4, 0.5) is 0 Å². The predicted octanol–water partition coefficient (Wildman–Crippen LogP) is 4.36. The van der Waals surface area contributed by atoms with Crippen LogP contribution in [-0.4, -0.2) is 0 Å². The first kappa shape index (κ1) is 11.0. The van der Waals surface area contributed by atoms with Gasteiger partial charge in [0.05, 0.1) is 0 Å². The van der Waals surface area contributed by atoms with Gasteiger partial charge in [-0.1, -0.05) is 51.1 Å². The van der Waals surface area contributed by atoms with E-state index in [2.05, 4.69) is 59.4 Å². The van der Waals surface area contributed by atoms with E-state index >= 15 is 0 Å². The van der Waals surface area contributed by atoms with Crippen LogP contribution in [-0.2, 0) is 0 Å². The maximum absolute atomic E-state index is 4.19. The third-order valence-corrected chi connectivity index (χ3v) is 2.61.